The van der Waals surface area contributed by atoms with Crippen molar-refractivity contribution in [3.05, 3.63) is 28.7 Å². The SMILES string of the molecule is CCc1noc(CC2CCN(C(=O)c3n[nH]c4c3C[C@H](C)O[C@@H]4C)CC2)n1. The number of piperidine rings is 1. The Morgan fingerprint density at radius 2 is 2.07 bits per heavy atom. The van der Waals surface area contributed by atoms with Crippen LogP contribution in [0.2, 0.25) is 0 Å². The van der Waals surface area contributed by atoms with Gasteiger partial charge in [0.05, 0.1) is 17.9 Å². The number of rotatable bonds is 4. The van der Waals surface area contributed by atoms with E-state index in [1.165, 1.54) is 0 Å². The standard InChI is InChI=1S/C19H27N5O3/c1-4-15-20-16(27-23-15)10-13-5-7-24(8-6-13)19(25)18-14-9-11(2)26-12(3)17(14)21-22-18/h11-13H,4-10H2,1-3H3,(H,21,22)/t11-,12+/m0/s1. The number of nitrogens with one attached hydrogen (secondary N) is 1. The summed E-state index contributed by atoms with van der Waals surface area (Å²) in [5, 5.41) is 11.3. The summed E-state index contributed by atoms with van der Waals surface area (Å²) in [7, 11) is 0. The monoisotopic (exact) mass is 373 g/mol. The Morgan fingerprint density at radius 1 is 1.30 bits per heavy atom. The highest BCUT2D eigenvalue weighted by molar-refractivity contribution is 5.94. The fraction of sp³-hybridized carbons (Fsp3) is 0.684. The molecule has 1 amide bonds. The Hall–Kier alpha value is -2.22. The van der Waals surface area contributed by atoms with E-state index in [9.17, 15) is 4.79 Å². The third kappa shape index (κ3) is 3.63. The van der Waals surface area contributed by atoms with Crippen molar-refractivity contribution in [1.29, 1.82) is 0 Å². The van der Waals surface area contributed by atoms with Crippen LogP contribution in [0.3, 0.4) is 0 Å². The summed E-state index contributed by atoms with van der Waals surface area (Å²) in [6.45, 7) is 7.52. The van der Waals surface area contributed by atoms with Crippen LogP contribution in [0.15, 0.2) is 4.52 Å². The van der Waals surface area contributed by atoms with Gasteiger partial charge in [-0.05, 0) is 32.6 Å². The smallest absolute Gasteiger partial charge is 0.274 e. The van der Waals surface area contributed by atoms with Crippen LogP contribution in [0.1, 0.15) is 73.2 Å². The molecule has 2 atom stereocenters. The predicted octanol–water partition coefficient (Wildman–Crippen LogP) is 2.47. The van der Waals surface area contributed by atoms with Gasteiger partial charge < -0.3 is 14.2 Å². The van der Waals surface area contributed by atoms with Crippen LogP contribution < -0.4 is 0 Å². The second kappa shape index (κ2) is 7.42. The molecule has 0 radical (unpaired) electrons. The van der Waals surface area contributed by atoms with E-state index in [0.717, 1.165) is 62.3 Å². The molecule has 0 aromatic carbocycles. The molecule has 4 heterocycles. The van der Waals surface area contributed by atoms with Gasteiger partial charge in [0.2, 0.25) is 5.89 Å². The molecule has 4 rings (SSSR count). The van der Waals surface area contributed by atoms with Crippen LogP contribution in [0.25, 0.3) is 0 Å². The van der Waals surface area contributed by atoms with Crippen LogP contribution in [0.5, 0.6) is 0 Å². The maximum Gasteiger partial charge on any atom is 0.274 e. The molecule has 1 fully saturated rings. The van der Waals surface area contributed by atoms with Crippen molar-refractivity contribution in [3.63, 3.8) is 0 Å². The zero-order valence-electron chi connectivity index (χ0n) is 16.2. The molecule has 8 heteroatoms. The first kappa shape index (κ1) is 18.2. The summed E-state index contributed by atoms with van der Waals surface area (Å²) in [5.41, 5.74) is 2.52. The minimum atomic E-state index is -0.0500. The zero-order chi connectivity index (χ0) is 19.0. The number of likely N-dealkylation sites (tertiary alicyclic amines) is 1. The number of ether oxygens (including phenoxy) is 1. The van der Waals surface area contributed by atoms with Gasteiger partial charge in [0.15, 0.2) is 11.5 Å². The molecular formula is C19H27N5O3. The Bertz CT molecular complexity index is 806. The second-order valence-corrected chi connectivity index (χ2v) is 7.66. The third-order valence-corrected chi connectivity index (χ3v) is 5.63. The minimum absolute atomic E-state index is 0.0262. The largest absolute Gasteiger partial charge is 0.369 e. The minimum Gasteiger partial charge on any atom is -0.369 e. The number of carbonyl (C=O) groups is 1. The summed E-state index contributed by atoms with van der Waals surface area (Å²) < 4.78 is 11.1. The van der Waals surface area contributed by atoms with Crippen molar-refractivity contribution in [2.75, 3.05) is 13.1 Å². The van der Waals surface area contributed by atoms with Crippen molar-refractivity contribution >= 4 is 5.91 Å². The van der Waals surface area contributed by atoms with Crippen molar-refractivity contribution in [2.45, 2.75) is 65.1 Å². The molecule has 146 valence electrons. The van der Waals surface area contributed by atoms with Gasteiger partial charge in [-0.1, -0.05) is 12.1 Å². The molecule has 0 unspecified atom stereocenters. The molecule has 2 aliphatic heterocycles. The quantitative estimate of drug-likeness (QED) is 0.884. The highest BCUT2D eigenvalue weighted by atomic mass is 16.5. The number of aromatic amines is 1. The average Bonchev–Trinajstić information content (AvgIpc) is 3.28. The van der Waals surface area contributed by atoms with E-state index in [0.29, 0.717) is 17.5 Å². The Labute approximate surface area is 158 Å². The first-order valence-corrected chi connectivity index (χ1v) is 9.88. The molecule has 1 N–H and O–H groups in total. The summed E-state index contributed by atoms with van der Waals surface area (Å²) in [6.07, 6.45) is 4.24. The lowest BCUT2D eigenvalue weighted by atomic mass is 9.93. The van der Waals surface area contributed by atoms with Crippen LogP contribution in [-0.4, -0.2) is 50.3 Å². The molecule has 2 aromatic heterocycles. The Kier molecular flexibility index (Phi) is 4.99. The zero-order valence-corrected chi connectivity index (χ0v) is 16.2. The van der Waals surface area contributed by atoms with Gasteiger partial charge in [-0.3, -0.25) is 9.89 Å². The lowest BCUT2D eigenvalue weighted by molar-refractivity contribution is -0.00703. The maximum atomic E-state index is 13.0. The number of hydrogen-bond acceptors (Lipinski definition) is 6. The molecule has 2 aliphatic rings. The van der Waals surface area contributed by atoms with Gasteiger partial charge in [-0.25, -0.2) is 0 Å². The molecule has 1 saturated heterocycles. The molecule has 8 nitrogen and oxygen atoms in total. The van der Waals surface area contributed by atoms with Crippen LogP contribution in [0.4, 0.5) is 0 Å². The topological polar surface area (TPSA) is 97.1 Å². The van der Waals surface area contributed by atoms with Gasteiger partial charge in [0, 0.05) is 37.9 Å². The van der Waals surface area contributed by atoms with E-state index in [4.69, 9.17) is 9.26 Å². The van der Waals surface area contributed by atoms with E-state index < -0.39 is 0 Å². The van der Waals surface area contributed by atoms with Crippen molar-refractivity contribution in [1.82, 2.24) is 25.2 Å². The normalized spacial score (nSPS) is 23.4. The second-order valence-electron chi connectivity index (χ2n) is 7.66. The Balaban J connectivity index is 1.38. The van der Waals surface area contributed by atoms with Crippen molar-refractivity contribution < 1.29 is 14.1 Å². The lowest BCUT2D eigenvalue weighted by Gasteiger charge is -2.31. The third-order valence-electron chi connectivity index (χ3n) is 5.63. The number of H-pyrrole nitrogens is 1. The number of aromatic nitrogens is 4. The van der Waals surface area contributed by atoms with Gasteiger partial charge in [-0.2, -0.15) is 10.1 Å². The molecule has 0 aliphatic carbocycles. The fourth-order valence-corrected chi connectivity index (χ4v) is 4.10. The molecule has 27 heavy (non-hydrogen) atoms. The first-order chi connectivity index (χ1) is 13.0. The number of carbonyl (C=O) groups excluding carboxylic acids is 1. The summed E-state index contributed by atoms with van der Waals surface area (Å²) in [4.78, 5) is 19.3. The van der Waals surface area contributed by atoms with E-state index in [-0.39, 0.29) is 18.1 Å². The van der Waals surface area contributed by atoms with E-state index in [2.05, 4.69) is 20.3 Å². The van der Waals surface area contributed by atoms with Gasteiger partial charge in [-0.15, -0.1) is 0 Å². The highest BCUT2D eigenvalue weighted by Crippen LogP contribution is 2.31. The first-order valence-electron chi connectivity index (χ1n) is 9.88. The number of fused-ring (bicyclic) bond motifs is 1. The van der Waals surface area contributed by atoms with E-state index >= 15 is 0 Å². The summed E-state index contributed by atoms with van der Waals surface area (Å²) >= 11 is 0. The molecule has 2 aromatic rings. The summed E-state index contributed by atoms with van der Waals surface area (Å²) in [6, 6.07) is 0. The van der Waals surface area contributed by atoms with Gasteiger partial charge in [0.1, 0.15) is 0 Å². The van der Waals surface area contributed by atoms with Crippen LogP contribution in [0, 0.1) is 5.92 Å². The van der Waals surface area contributed by atoms with Crippen molar-refractivity contribution in [2.24, 2.45) is 5.92 Å². The fourth-order valence-electron chi connectivity index (χ4n) is 4.10. The van der Waals surface area contributed by atoms with Crippen LogP contribution in [-0.2, 0) is 24.0 Å². The predicted molar refractivity (Wildman–Crippen MR) is 97.3 cm³/mol. The van der Waals surface area contributed by atoms with Crippen LogP contribution >= 0.6 is 0 Å². The number of aryl methyl sites for hydroxylation is 1. The molecule has 0 bridgehead atoms. The summed E-state index contributed by atoms with van der Waals surface area (Å²) in [5.74, 6) is 1.97. The van der Waals surface area contributed by atoms with Gasteiger partial charge in [0.25, 0.3) is 5.91 Å². The van der Waals surface area contributed by atoms with E-state index in [1.54, 1.807) is 0 Å². The van der Waals surface area contributed by atoms with Gasteiger partial charge >= 0.3 is 0 Å². The Morgan fingerprint density at radius 3 is 2.78 bits per heavy atom. The number of amides is 1. The lowest BCUT2D eigenvalue weighted by Crippen LogP contribution is -2.39. The highest BCUT2D eigenvalue weighted by Gasteiger charge is 2.33. The van der Waals surface area contributed by atoms with E-state index in [1.807, 2.05) is 25.7 Å². The number of nitrogens with zero attached hydrogens (tertiary/aromatic N) is 4. The van der Waals surface area contributed by atoms with Crippen molar-refractivity contribution in [3.8, 4) is 0 Å². The molecule has 0 saturated carbocycles. The number of hydrogen-bond donors (Lipinski definition) is 1. The molecular weight excluding hydrogens is 346 g/mol. The average molecular weight is 373 g/mol. The molecule has 0 spiro atoms. The maximum absolute atomic E-state index is 13.0.